The molecular formula is C22H26. The van der Waals surface area contributed by atoms with Crippen LogP contribution in [0.3, 0.4) is 0 Å². The predicted octanol–water partition coefficient (Wildman–Crippen LogP) is 6.90. The van der Waals surface area contributed by atoms with Gasteiger partial charge in [0.1, 0.15) is 0 Å². The Kier molecular flexibility index (Phi) is 5.11. The molecule has 0 atom stereocenters. The lowest BCUT2D eigenvalue weighted by molar-refractivity contribution is 0.607. The zero-order valence-electron chi connectivity index (χ0n) is 13.6. The zero-order valence-corrected chi connectivity index (χ0v) is 13.6. The molecule has 0 aliphatic heterocycles. The third kappa shape index (κ3) is 3.68. The van der Waals surface area contributed by atoms with Gasteiger partial charge >= 0.3 is 0 Å². The molecule has 0 bridgehead atoms. The van der Waals surface area contributed by atoms with Crippen LogP contribution in [0.5, 0.6) is 0 Å². The first-order chi connectivity index (χ1) is 10.9. The van der Waals surface area contributed by atoms with Crippen LogP contribution in [0.25, 0.3) is 21.5 Å². The molecule has 0 aromatic heterocycles. The van der Waals surface area contributed by atoms with Crippen molar-refractivity contribution in [1.82, 2.24) is 0 Å². The maximum atomic E-state index is 2.38. The first kappa shape index (κ1) is 15.1. The van der Waals surface area contributed by atoms with Crippen molar-refractivity contribution in [3.63, 3.8) is 0 Å². The molecule has 0 saturated heterocycles. The minimum Gasteiger partial charge on any atom is -0.0654 e. The predicted molar refractivity (Wildman–Crippen MR) is 98.5 cm³/mol. The van der Waals surface area contributed by atoms with Crippen LogP contribution in [-0.4, -0.2) is 0 Å². The van der Waals surface area contributed by atoms with Crippen LogP contribution in [0.15, 0.2) is 54.6 Å². The van der Waals surface area contributed by atoms with E-state index in [0.29, 0.717) is 0 Å². The van der Waals surface area contributed by atoms with Crippen molar-refractivity contribution in [2.75, 3.05) is 0 Å². The smallest absolute Gasteiger partial charge is 0.0175 e. The Morgan fingerprint density at radius 1 is 0.591 bits per heavy atom. The molecule has 3 aromatic carbocycles. The van der Waals surface area contributed by atoms with Crippen molar-refractivity contribution in [2.45, 2.75) is 51.9 Å². The Labute approximate surface area is 134 Å². The topological polar surface area (TPSA) is 0 Å². The molecule has 0 fully saturated rings. The number of hydrogen-bond donors (Lipinski definition) is 0. The molecule has 0 aliphatic carbocycles. The summed E-state index contributed by atoms with van der Waals surface area (Å²) in [6, 6.07) is 20.2. The first-order valence-corrected chi connectivity index (χ1v) is 8.78. The molecule has 0 nitrogen and oxygen atoms in total. The summed E-state index contributed by atoms with van der Waals surface area (Å²) in [4.78, 5) is 0. The van der Waals surface area contributed by atoms with Crippen molar-refractivity contribution in [3.8, 4) is 0 Å². The molecule has 0 unspecified atom stereocenters. The van der Waals surface area contributed by atoms with Gasteiger partial charge in [0, 0.05) is 0 Å². The monoisotopic (exact) mass is 290 g/mol. The third-order valence-corrected chi connectivity index (χ3v) is 4.59. The minimum absolute atomic E-state index is 1.22. The van der Waals surface area contributed by atoms with E-state index in [2.05, 4.69) is 61.5 Å². The summed E-state index contributed by atoms with van der Waals surface area (Å²) < 4.78 is 0. The van der Waals surface area contributed by atoms with Gasteiger partial charge in [0.2, 0.25) is 0 Å². The molecule has 0 amide bonds. The van der Waals surface area contributed by atoms with Crippen molar-refractivity contribution in [3.05, 3.63) is 60.2 Å². The van der Waals surface area contributed by atoms with Crippen molar-refractivity contribution in [1.29, 1.82) is 0 Å². The lowest BCUT2D eigenvalue weighted by Crippen LogP contribution is -1.87. The van der Waals surface area contributed by atoms with Gasteiger partial charge in [0.15, 0.2) is 0 Å². The number of aryl methyl sites for hydroxylation is 1. The van der Waals surface area contributed by atoms with E-state index in [1.54, 1.807) is 0 Å². The SMILES string of the molecule is CCCCCCCCc1ccc2cc3ccccc3cc2c1. The lowest BCUT2D eigenvalue weighted by atomic mass is 9.99. The largest absolute Gasteiger partial charge is 0.0654 e. The minimum atomic E-state index is 1.22. The maximum Gasteiger partial charge on any atom is -0.0175 e. The molecular weight excluding hydrogens is 264 g/mol. The molecule has 3 rings (SSSR count). The number of rotatable bonds is 7. The normalized spacial score (nSPS) is 11.3. The van der Waals surface area contributed by atoms with E-state index in [4.69, 9.17) is 0 Å². The van der Waals surface area contributed by atoms with Crippen molar-refractivity contribution >= 4 is 21.5 Å². The van der Waals surface area contributed by atoms with E-state index >= 15 is 0 Å². The fourth-order valence-electron chi connectivity index (χ4n) is 3.25. The van der Waals surface area contributed by atoms with E-state index in [9.17, 15) is 0 Å². The summed E-state index contributed by atoms with van der Waals surface area (Å²) in [5.41, 5.74) is 1.48. The van der Waals surface area contributed by atoms with Gasteiger partial charge in [-0.3, -0.25) is 0 Å². The summed E-state index contributed by atoms with van der Waals surface area (Å²) in [6.45, 7) is 2.28. The van der Waals surface area contributed by atoms with Crippen molar-refractivity contribution < 1.29 is 0 Å². The van der Waals surface area contributed by atoms with Crippen LogP contribution < -0.4 is 0 Å². The number of benzene rings is 3. The molecule has 22 heavy (non-hydrogen) atoms. The van der Waals surface area contributed by atoms with Gasteiger partial charge in [-0.2, -0.15) is 0 Å². The molecule has 0 saturated carbocycles. The highest BCUT2D eigenvalue weighted by Crippen LogP contribution is 2.24. The van der Waals surface area contributed by atoms with Gasteiger partial charge in [-0.05, 0) is 52.1 Å². The second-order valence-electron chi connectivity index (χ2n) is 6.40. The molecule has 114 valence electrons. The Morgan fingerprint density at radius 3 is 2.00 bits per heavy atom. The summed E-state index contributed by atoms with van der Waals surface area (Å²) >= 11 is 0. The zero-order chi connectivity index (χ0) is 15.2. The van der Waals surface area contributed by atoms with Crippen molar-refractivity contribution in [2.24, 2.45) is 0 Å². The number of fused-ring (bicyclic) bond motifs is 2. The highest BCUT2D eigenvalue weighted by Gasteiger charge is 2.00. The highest BCUT2D eigenvalue weighted by atomic mass is 14.0. The summed E-state index contributed by atoms with van der Waals surface area (Å²) in [5.74, 6) is 0. The Balaban J connectivity index is 1.68. The van der Waals surface area contributed by atoms with Gasteiger partial charge < -0.3 is 0 Å². The number of hydrogen-bond acceptors (Lipinski definition) is 0. The summed E-state index contributed by atoms with van der Waals surface area (Å²) in [7, 11) is 0. The highest BCUT2D eigenvalue weighted by molar-refractivity contribution is 5.98. The fourth-order valence-corrected chi connectivity index (χ4v) is 3.25. The number of unbranched alkanes of at least 4 members (excludes halogenated alkanes) is 5. The van der Waals surface area contributed by atoms with E-state index in [0.717, 1.165) is 0 Å². The fraction of sp³-hybridized carbons (Fsp3) is 0.364. The van der Waals surface area contributed by atoms with E-state index in [1.807, 2.05) is 0 Å². The van der Waals surface area contributed by atoms with E-state index < -0.39 is 0 Å². The Bertz CT molecular complexity index is 739. The van der Waals surface area contributed by atoms with Crippen LogP contribution in [0.4, 0.5) is 0 Å². The quantitative estimate of drug-likeness (QED) is 0.328. The Hall–Kier alpha value is -1.82. The lowest BCUT2D eigenvalue weighted by Gasteiger charge is -2.06. The summed E-state index contributed by atoms with van der Waals surface area (Å²) in [5, 5.41) is 5.40. The maximum absolute atomic E-state index is 2.38. The van der Waals surface area contributed by atoms with Gasteiger partial charge in [-0.25, -0.2) is 0 Å². The van der Waals surface area contributed by atoms with Crippen LogP contribution in [-0.2, 0) is 6.42 Å². The second kappa shape index (κ2) is 7.45. The molecule has 0 radical (unpaired) electrons. The molecule has 0 heteroatoms. The Morgan fingerprint density at radius 2 is 1.23 bits per heavy atom. The average Bonchev–Trinajstić information content (AvgIpc) is 2.56. The van der Waals surface area contributed by atoms with Crippen LogP contribution in [0, 0.1) is 0 Å². The second-order valence-corrected chi connectivity index (χ2v) is 6.40. The molecule has 0 N–H and O–H groups in total. The van der Waals surface area contributed by atoms with Gasteiger partial charge in [0.25, 0.3) is 0 Å². The molecule has 3 aromatic rings. The third-order valence-electron chi connectivity index (χ3n) is 4.59. The van der Waals surface area contributed by atoms with E-state index in [1.165, 1.54) is 72.1 Å². The molecule has 0 aliphatic rings. The first-order valence-electron chi connectivity index (χ1n) is 8.78. The van der Waals surface area contributed by atoms with E-state index in [-0.39, 0.29) is 0 Å². The molecule has 0 heterocycles. The molecule has 0 spiro atoms. The van der Waals surface area contributed by atoms with Crippen LogP contribution in [0.1, 0.15) is 51.0 Å². The van der Waals surface area contributed by atoms with Crippen LogP contribution in [0.2, 0.25) is 0 Å². The summed E-state index contributed by atoms with van der Waals surface area (Å²) in [6.07, 6.45) is 9.43. The van der Waals surface area contributed by atoms with Gasteiger partial charge in [-0.1, -0.05) is 81.5 Å². The average molecular weight is 290 g/mol. The standard InChI is InChI=1S/C22H26/c1-2-3-4-5-6-7-10-18-13-14-21-16-19-11-8-9-12-20(19)17-22(21)15-18/h8-9,11-17H,2-7,10H2,1H3. The van der Waals surface area contributed by atoms with Crippen LogP contribution >= 0.6 is 0 Å². The van der Waals surface area contributed by atoms with Gasteiger partial charge in [-0.15, -0.1) is 0 Å². The van der Waals surface area contributed by atoms with Gasteiger partial charge in [0.05, 0.1) is 0 Å².